The van der Waals surface area contributed by atoms with Crippen molar-refractivity contribution < 1.29 is 56.5 Å². The average molecular weight is 735 g/mol. The van der Waals surface area contributed by atoms with Gasteiger partial charge in [-0.15, -0.1) is 0 Å². The molecule has 0 aliphatic carbocycles. The van der Waals surface area contributed by atoms with Gasteiger partial charge in [-0.05, 0) is 46.2 Å². The highest BCUT2D eigenvalue weighted by molar-refractivity contribution is 5.96. The molecule has 2 aromatic rings. The fourth-order valence-corrected chi connectivity index (χ4v) is 5.67. The Morgan fingerprint density at radius 2 is 1.67 bits per heavy atom. The number of alkyl halides is 2. The summed E-state index contributed by atoms with van der Waals surface area (Å²) in [6.45, 7) is 5.93. The maximum absolute atomic E-state index is 14.2. The van der Waals surface area contributed by atoms with Gasteiger partial charge in [0.1, 0.15) is 17.7 Å². The normalized spacial score (nSPS) is 17.6. The molecule has 284 valence electrons. The van der Waals surface area contributed by atoms with Crippen molar-refractivity contribution in [3.05, 3.63) is 42.1 Å². The molecule has 18 heteroatoms. The lowest BCUT2D eigenvalue weighted by molar-refractivity contribution is -0.155. The Balaban J connectivity index is 1.54. The third-order valence-corrected chi connectivity index (χ3v) is 8.10. The van der Waals surface area contributed by atoms with Gasteiger partial charge in [0.05, 0.1) is 25.9 Å². The minimum Gasteiger partial charge on any atom is -0.467 e. The number of nitrogens with zero attached hydrogens (tertiary/aromatic N) is 5. The van der Waals surface area contributed by atoms with E-state index >= 15 is 0 Å². The van der Waals surface area contributed by atoms with E-state index in [0.29, 0.717) is 10.6 Å². The number of ether oxygens (including phenoxy) is 4. The molecule has 2 aliphatic heterocycles. The fraction of sp³-hybridized carbons (Fsp3) is 0.559. The molecule has 2 fully saturated rings. The third kappa shape index (κ3) is 10.4. The summed E-state index contributed by atoms with van der Waals surface area (Å²) in [6.07, 6.45) is -1.71. The summed E-state index contributed by atoms with van der Waals surface area (Å²) in [5.41, 5.74) is -0.587. The van der Waals surface area contributed by atoms with Gasteiger partial charge in [-0.25, -0.2) is 23.1 Å². The Hall–Kier alpha value is -5.29. The quantitative estimate of drug-likeness (QED) is 0.250. The Morgan fingerprint density at radius 3 is 2.29 bits per heavy atom. The van der Waals surface area contributed by atoms with Crippen LogP contribution in [0.25, 0.3) is 5.69 Å². The van der Waals surface area contributed by atoms with Crippen LogP contribution >= 0.6 is 0 Å². The number of hydrogen-bond donors (Lipinski definition) is 1. The van der Waals surface area contributed by atoms with E-state index in [1.807, 2.05) is 0 Å². The number of methoxy groups -OCH3 is 1. The van der Waals surface area contributed by atoms with Crippen molar-refractivity contribution in [2.24, 2.45) is 0 Å². The lowest BCUT2D eigenvalue weighted by Gasteiger charge is -2.36. The number of carbonyl (C=O) groups is 6. The Bertz CT molecular complexity index is 1620. The standard InChI is InChI=1S/C34H44F2N6O10/c1-6-50-32(48)40-16-14-39(15-17-40)30(46)23(12-13-28(44)52-33(2,3)4)37-29(45)24-18-27(42(38-24)22-10-8-7-9-11-22)51-20-26(43)41-21-34(35,36)19-25(41)31(47)49-5/h7-11,18,23,25H,6,12-17,19-21H2,1-5H3,(H,37,45). The van der Waals surface area contributed by atoms with Crippen LogP contribution in [0.15, 0.2) is 36.4 Å². The maximum Gasteiger partial charge on any atom is 0.409 e. The molecule has 3 heterocycles. The summed E-state index contributed by atoms with van der Waals surface area (Å²) in [7, 11) is 1.03. The maximum atomic E-state index is 14.2. The number of piperazine rings is 1. The predicted octanol–water partition coefficient (Wildman–Crippen LogP) is 2.18. The molecule has 0 spiro atoms. The number of benzene rings is 1. The largest absolute Gasteiger partial charge is 0.467 e. The molecule has 52 heavy (non-hydrogen) atoms. The minimum absolute atomic E-state index is 0.114. The predicted molar refractivity (Wildman–Crippen MR) is 178 cm³/mol. The number of likely N-dealkylation sites (tertiary alicyclic amines) is 1. The number of halogens is 2. The first-order valence-electron chi connectivity index (χ1n) is 16.8. The number of para-hydroxylation sites is 1. The first kappa shape index (κ1) is 39.5. The highest BCUT2D eigenvalue weighted by atomic mass is 19.3. The number of carbonyl (C=O) groups excluding carboxylic acids is 6. The fourth-order valence-electron chi connectivity index (χ4n) is 5.67. The highest BCUT2D eigenvalue weighted by Gasteiger charge is 2.50. The molecule has 0 saturated carbocycles. The Labute approximate surface area is 299 Å². The second kappa shape index (κ2) is 16.8. The highest BCUT2D eigenvalue weighted by Crippen LogP contribution is 2.33. The summed E-state index contributed by atoms with van der Waals surface area (Å²) in [4.78, 5) is 81.0. The summed E-state index contributed by atoms with van der Waals surface area (Å²) in [6, 6.07) is 6.89. The van der Waals surface area contributed by atoms with Gasteiger partial charge in [0.2, 0.25) is 11.8 Å². The van der Waals surface area contributed by atoms with Gasteiger partial charge >= 0.3 is 18.0 Å². The zero-order valence-corrected chi connectivity index (χ0v) is 29.8. The molecule has 0 radical (unpaired) electrons. The van der Waals surface area contributed by atoms with Crippen LogP contribution in [0.3, 0.4) is 0 Å². The van der Waals surface area contributed by atoms with E-state index in [4.69, 9.17) is 14.2 Å². The molecule has 1 aromatic heterocycles. The van der Waals surface area contributed by atoms with Crippen molar-refractivity contribution in [2.45, 2.75) is 70.6 Å². The molecule has 4 amide bonds. The second-order valence-electron chi connectivity index (χ2n) is 13.2. The lowest BCUT2D eigenvalue weighted by Crippen LogP contribution is -2.56. The van der Waals surface area contributed by atoms with Crippen LogP contribution < -0.4 is 10.1 Å². The second-order valence-corrected chi connectivity index (χ2v) is 13.2. The number of amides is 4. The van der Waals surface area contributed by atoms with Crippen LogP contribution in [0, 0.1) is 0 Å². The van der Waals surface area contributed by atoms with Crippen LogP contribution in [0.1, 0.15) is 57.4 Å². The van der Waals surface area contributed by atoms with E-state index < -0.39 is 78.9 Å². The molecule has 1 aromatic carbocycles. The topological polar surface area (TPSA) is 179 Å². The molecule has 16 nitrogen and oxygen atoms in total. The number of nitrogens with one attached hydrogen (secondary N) is 1. The van der Waals surface area contributed by atoms with Crippen molar-refractivity contribution in [3.63, 3.8) is 0 Å². The molecule has 1 N–H and O–H groups in total. The summed E-state index contributed by atoms with van der Waals surface area (Å²) in [5, 5.41) is 6.99. The van der Waals surface area contributed by atoms with E-state index in [-0.39, 0.29) is 57.2 Å². The van der Waals surface area contributed by atoms with Crippen LogP contribution in [0.5, 0.6) is 5.88 Å². The van der Waals surface area contributed by atoms with Crippen molar-refractivity contribution in [3.8, 4) is 11.6 Å². The summed E-state index contributed by atoms with van der Waals surface area (Å²) in [5.74, 6) is -7.22. The SMILES string of the molecule is CCOC(=O)N1CCN(C(=O)C(CCC(=O)OC(C)(C)C)NC(=O)c2cc(OCC(=O)N3CC(F)(F)CC3C(=O)OC)n(-c3ccccc3)n2)CC1. The zero-order valence-electron chi connectivity index (χ0n) is 29.8. The van der Waals surface area contributed by atoms with Crippen LogP contribution in [-0.2, 0) is 33.4 Å². The molecule has 2 atom stereocenters. The van der Waals surface area contributed by atoms with Crippen molar-refractivity contribution in [1.29, 1.82) is 0 Å². The van der Waals surface area contributed by atoms with Crippen LogP contribution in [0.2, 0.25) is 0 Å². The molecule has 2 unspecified atom stereocenters. The first-order valence-corrected chi connectivity index (χ1v) is 16.8. The van der Waals surface area contributed by atoms with Crippen LogP contribution in [0.4, 0.5) is 13.6 Å². The first-order chi connectivity index (χ1) is 24.5. The monoisotopic (exact) mass is 734 g/mol. The Kier molecular flexibility index (Phi) is 12.8. The van der Waals surface area contributed by atoms with E-state index in [2.05, 4.69) is 15.2 Å². The van der Waals surface area contributed by atoms with E-state index in [1.54, 1.807) is 58.0 Å². The van der Waals surface area contributed by atoms with Crippen molar-refractivity contribution >= 4 is 35.8 Å². The van der Waals surface area contributed by atoms with Crippen molar-refractivity contribution in [1.82, 2.24) is 29.8 Å². The van der Waals surface area contributed by atoms with Gasteiger partial charge < -0.3 is 39.0 Å². The van der Waals surface area contributed by atoms with Gasteiger partial charge in [-0.3, -0.25) is 19.2 Å². The van der Waals surface area contributed by atoms with E-state index in [1.165, 1.54) is 20.5 Å². The molecule has 2 aliphatic rings. The molecule has 0 bridgehead atoms. The third-order valence-electron chi connectivity index (χ3n) is 8.10. The number of esters is 2. The smallest absolute Gasteiger partial charge is 0.409 e. The average Bonchev–Trinajstić information content (AvgIpc) is 3.68. The lowest BCUT2D eigenvalue weighted by atomic mass is 10.1. The Morgan fingerprint density at radius 1 is 1.02 bits per heavy atom. The summed E-state index contributed by atoms with van der Waals surface area (Å²) < 4.78 is 50.3. The molecule has 4 rings (SSSR count). The molecular weight excluding hydrogens is 690 g/mol. The minimum atomic E-state index is -3.31. The van der Waals surface area contributed by atoms with Gasteiger partial charge in [0.15, 0.2) is 12.3 Å². The number of rotatable bonds is 12. The van der Waals surface area contributed by atoms with Gasteiger partial charge in [0.25, 0.3) is 17.7 Å². The number of aromatic nitrogens is 2. The van der Waals surface area contributed by atoms with E-state index in [0.717, 1.165) is 7.11 Å². The molecule has 2 saturated heterocycles. The zero-order chi connectivity index (χ0) is 38.2. The van der Waals surface area contributed by atoms with Gasteiger partial charge in [-0.1, -0.05) is 18.2 Å². The summed E-state index contributed by atoms with van der Waals surface area (Å²) >= 11 is 0. The van der Waals surface area contributed by atoms with E-state index in [9.17, 15) is 37.5 Å². The molecular formula is C34H44F2N6O10. The number of hydrogen-bond acceptors (Lipinski definition) is 11. The van der Waals surface area contributed by atoms with Crippen molar-refractivity contribution in [2.75, 3.05) is 53.0 Å². The van der Waals surface area contributed by atoms with Gasteiger partial charge in [-0.2, -0.15) is 5.10 Å². The van der Waals surface area contributed by atoms with Crippen LogP contribution in [-0.4, -0.2) is 137 Å². The van der Waals surface area contributed by atoms with Gasteiger partial charge in [0, 0.05) is 45.1 Å².